The molecule has 1 saturated carbocycles. The van der Waals surface area contributed by atoms with E-state index in [0.717, 1.165) is 0 Å². The fourth-order valence-electron chi connectivity index (χ4n) is 2.76. The Morgan fingerprint density at radius 1 is 1.03 bits per heavy atom. The van der Waals surface area contributed by atoms with Crippen LogP contribution in [0, 0.1) is 5.92 Å². The lowest BCUT2D eigenvalue weighted by Crippen LogP contribution is -2.59. The Kier molecular flexibility index (Phi) is 8.70. The van der Waals surface area contributed by atoms with Crippen LogP contribution in [-0.4, -0.2) is 54.7 Å². The fraction of sp³-hybridized carbons (Fsp3) is 0.750. The highest BCUT2D eigenvalue weighted by Crippen LogP contribution is 2.43. The van der Waals surface area contributed by atoms with E-state index in [1.54, 1.807) is 0 Å². The second-order valence-electron chi connectivity index (χ2n) is 6.74. The van der Waals surface area contributed by atoms with Gasteiger partial charge in [0.05, 0.1) is 18.8 Å². The summed E-state index contributed by atoms with van der Waals surface area (Å²) in [6.45, 7) is 0.756. The largest absolute Gasteiger partial charge is 0.468 e. The van der Waals surface area contributed by atoms with Crippen molar-refractivity contribution in [2.45, 2.75) is 61.7 Å². The molecule has 1 aliphatic rings. The fourth-order valence-corrected chi connectivity index (χ4v) is 3.24. The first kappa shape index (κ1) is 28.1. The van der Waals surface area contributed by atoms with Gasteiger partial charge in [0, 0.05) is 6.42 Å². The minimum Gasteiger partial charge on any atom is -0.430 e. The van der Waals surface area contributed by atoms with Crippen molar-refractivity contribution in [3.63, 3.8) is 0 Å². The highest BCUT2D eigenvalue weighted by atomic mass is 32.2. The van der Waals surface area contributed by atoms with Gasteiger partial charge in [0.2, 0.25) is 0 Å². The van der Waals surface area contributed by atoms with Crippen molar-refractivity contribution in [2.24, 2.45) is 5.92 Å². The molecule has 1 N–H and O–H groups in total. The van der Waals surface area contributed by atoms with Crippen LogP contribution in [0.1, 0.15) is 38.5 Å². The van der Waals surface area contributed by atoms with Crippen LogP contribution >= 0.6 is 0 Å². The smallest absolute Gasteiger partial charge is 0.430 e. The molecule has 1 fully saturated rings. The highest BCUT2D eigenvalue weighted by molar-refractivity contribution is 7.87. The van der Waals surface area contributed by atoms with Crippen molar-refractivity contribution in [1.29, 1.82) is 0 Å². The van der Waals surface area contributed by atoms with Gasteiger partial charge in [-0.05, 0) is 12.8 Å². The van der Waals surface area contributed by atoms with E-state index in [9.17, 15) is 48.7 Å². The lowest BCUT2D eigenvalue weighted by molar-refractivity contribution is -0.357. The number of alkyl halides is 7. The molecular weight excluding hydrogens is 485 g/mol. The normalized spacial score (nSPS) is 18.5. The quantitative estimate of drug-likeness (QED) is 0.158. The summed E-state index contributed by atoms with van der Waals surface area (Å²) in [5.41, 5.74) is 0. The monoisotopic (exact) mass is 504 g/mol. The standard InChI is InChI=1S/C16H19F7O8S/c1-2-29-12(25)14(15(19,20)21,31-11(24)10-6-4-3-5-7-10)30-9-8-13(17,18)16(22,23)32(26,27)28/h2,10H,1,3-9H2,(H,26,27,28). The van der Waals surface area contributed by atoms with Crippen LogP contribution in [0.15, 0.2) is 12.8 Å². The van der Waals surface area contributed by atoms with Crippen LogP contribution in [0.4, 0.5) is 30.7 Å². The van der Waals surface area contributed by atoms with E-state index in [0.29, 0.717) is 19.3 Å². The van der Waals surface area contributed by atoms with Crippen LogP contribution in [0.25, 0.3) is 0 Å². The van der Waals surface area contributed by atoms with Crippen LogP contribution in [-0.2, 0) is 33.9 Å². The van der Waals surface area contributed by atoms with Crippen molar-refractivity contribution >= 4 is 22.1 Å². The van der Waals surface area contributed by atoms with Crippen molar-refractivity contribution in [2.75, 3.05) is 6.61 Å². The molecule has 0 aromatic carbocycles. The van der Waals surface area contributed by atoms with Crippen molar-refractivity contribution < 1.29 is 67.5 Å². The first-order valence-corrected chi connectivity index (χ1v) is 10.3. The molecule has 0 radical (unpaired) electrons. The number of ether oxygens (including phenoxy) is 3. The first-order chi connectivity index (χ1) is 14.4. The maximum atomic E-state index is 13.7. The van der Waals surface area contributed by atoms with E-state index in [-0.39, 0.29) is 19.1 Å². The Morgan fingerprint density at radius 3 is 2.00 bits per heavy atom. The Balaban J connectivity index is 3.21. The van der Waals surface area contributed by atoms with Crippen LogP contribution in [0.3, 0.4) is 0 Å². The average molecular weight is 504 g/mol. The van der Waals surface area contributed by atoms with E-state index in [4.69, 9.17) is 4.55 Å². The summed E-state index contributed by atoms with van der Waals surface area (Å²) in [6, 6.07) is 0. The number of carbonyl (C=O) groups excluding carboxylic acids is 2. The summed E-state index contributed by atoms with van der Waals surface area (Å²) in [4.78, 5) is 24.2. The molecule has 0 bridgehead atoms. The first-order valence-electron chi connectivity index (χ1n) is 8.91. The molecule has 0 heterocycles. The number of esters is 2. The van der Waals surface area contributed by atoms with Crippen LogP contribution in [0.5, 0.6) is 0 Å². The van der Waals surface area contributed by atoms with E-state index in [2.05, 4.69) is 20.8 Å². The van der Waals surface area contributed by atoms with E-state index < -0.39 is 64.1 Å². The molecule has 0 aromatic rings. The Bertz CT molecular complexity index is 806. The summed E-state index contributed by atoms with van der Waals surface area (Å²) in [6.07, 6.45) is -6.40. The highest BCUT2D eigenvalue weighted by Gasteiger charge is 2.69. The van der Waals surface area contributed by atoms with Crippen molar-refractivity contribution in [1.82, 2.24) is 0 Å². The molecule has 0 spiro atoms. The van der Waals surface area contributed by atoms with Crippen molar-refractivity contribution in [3.8, 4) is 0 Å². The van der Waals surface area contributed by atoms with Gasteiger partial charge in [-0.2, -0.15) is 39.2 Å². The molecule has 1 aliphatic carbocycles. The maximum absolute atomic E-state index is 13.7. The van der Waals surface area contributed by atoms with E-state index in [1.807, 2.05) is 0 Å². The summed E-state index contributed by atoms with van der Waals surface area (Å²) in [5.74, 6) is -15.4. The summed E-state index contributed by atoms with van der Waals surface area (Å²) in [5, 5.41) is -6.09. The van der Waals surface area contributed by atoms with E-state index >= 15 is 0 Å². The third-order valence-electron chi connectivity index (χ3n) is 4.49. The Labute approximate surface area is 177 Å². The predicted molar refractivity (Wildman–Crippen MR) is 89.8 cm³/mol. The van der Waals surface area contributed by atoms with Gasteiger partial charge >= 0.3 is 45.2 Å². The molecular formula is C16H19F7O8S. The van der Waals surface area contributed by atoms with Gasteiger partial charge in [0.25, 0.3) is 0 Å². The average Bonchev–Trinajstić information content (AvgIpc) is 2.65. The topological polar surface area (TPSA) is 116 Å². The molecule has 16 heteroatoms. The predicted octanol–water partition coefficient (Wildman–Crippen LogP) is 3.58. The number of carbonyl (C=O) groups is 2. The molecule has 0 aliphatic heterocycles. The summed E-state index contributed by atoms with van der Waals surface area (Å²) < 4.78 is 136. The second kappa shape index (κ2) is 9.91. The van der Waals surface area contributed by atoms with E-state index in [1.165, 1.54) is 0 Å². The molecule has 0 aromatic heterocycles. The van der Waals surface area contributed by atoms with Gasteiger partial charge in [0.15, 0.2) is 0 Å². The maximum Gasteiger partial charge on any atom is 0.468 e. The van der Waals surface area contributed by atoms with Crippen LogP contribution < -0.4 is 0 Å². The lowest BCUT2D eigenvalue weighted by atomic mass is 9.89. The van der Waals surface area contributed by atoms with Crippen LogP contribution in [0.2, 0.25) is 0 Å². The van der Waals surface area contributed by atoms with Gasteiger partial charge in [-0.3, -0.25) is 9.35 Å². The SMILES string of the molecule is C=COC(=O)C(OCCC(F)(F)C(F)(F)S(=O)(=O)O)(OC(=O)C1CCCCC1)C(F)(F)F. The zero-order chi connectivity index (χ0) is 25.0. The molecule has 0 amide bonds. The van der Waals surface area contributed by atoms with Gasteiger partial charge < -0.3 is 14.2 Å². The number of rotatable bonds is 10. The number of hydrogen-bond acceptors (Lipinski definition) is 7. The molecule has 8 nitrogen and oxygen atoms in total. The zero-order valence-electron chi connectivity index (χ0n) is 16.2. The zero-order valence-corrected chi connectivity index (χ0v) is 17.0. The summed E-state index contributed by atoms with van der Waals surface area (Å²) in [7, 11) is -6.66. The molecule has 0 saturated heterocycles. The number of hydrogen-bond donors (Lipinski definition) is 1. The van der Waals surface area contributed by atoms with Gasteiger partial charge in [-0.25, -0.2) is 4.79 Å². The Hall–Kier alpha value is -1.94. The minimum absolute atomic E-state index is 0.0991. The number of halogens is 7. The molecule has 1 atom stereocenters. The molecule has 1 unspecified atom stereocenters. The molecule has 32 heavy (non-hydrogen) atoms. The summed E-state index contributed by atoms with van der Waals surface area (Å²) >= 11 is 0. The Morgan fingerprint density at radius 2 is 1.56 bits per heavy atom. The third kappa shape index (κ3) is 5.89. The molecule has 186 valence electrons. The van der Waals surface area contributed by atoms with Gasteiger partial charge in [-0.15, -0.1) is 0 Å². The lowest BCUT2D eigenvalue weighted by Gasteiger charge is -2.34. The third-order valence-corrected chi connectivity index (χ3v) is 5.43. The van der Waals surface area contributed by atoms with Crippen molar-refractivity contribution in [3.05, 3.63) is 12.8 Å². The second-order valence-corrected chi connectivity index (χ2v) is 8.20. The molecule has 1 rings (SSSR count). The van der Waals surface area contributed by atoms with Gasteiger partial charge in [-0.1, -0.05) is 25.8 Å². The minimum atomic E-state index is -6.66. The van der Waals surface area contributed by atoms with Gasteiger partial charge in [0.1, 0.15) is 0 Å².